The third-order valence-corrected chi connectivity index (χ3v) is 4.07. The van der Waals surface area contributed by atoms with Gasteiger partial charge in [0.1, 0.15) is 12.5 Å². The molecule has 0 aliphatic rings. The van der Waals surface area contributed by atoms with E-state index in [9.17, 15) is 4.39 Å². The maximum absolute atomic E-state index is 13.9. The summed E-state index contributed by atoms with van der Waals surface area (Å²) in [5.74, 6) is 0.698. The monoisotopic (exact) mass is 337 g/mol. The molecule has 25 heavy (non-hydrogen) atoms. The number of alkyl halides is 1. The van der Waals surface area contributed by atoms with Crippen LogP contribution in [0.15, 0.2) is 55.9 Å². The summed E-state index contributed by atoms with van der Waals surface area (Å²) in [5.41, 5.74) is 5.61. The molecule has 1 heterocycles. The van der Waals surface area contributed by atoms with Crippen molar-refractivity contribution < 1.29 is 4.39 Å². The van der Waals surface area contributed by atoms with Crippen LogP contribution in [-0.4, -0.2) is 23.6 Å². The summed E-state index contributed by atoms with van der Waals surface area (Å²) in [6.07, 6.45) is 5.29. The van der Waals surface area contributed by atoms with Crippen LogP contribution < -0.4 is 4.90 Å². The molecule has 1 aromatic heterocycles. The molecule has 0 atom stereocenters. The summed E-state index contributed by atoms with van der Waals surface area (Å²) in [4.78, 5) is 10.5. The van der Waals surface area contributed by atoms with Crippen molar-refractivity contribution in [1.29, 1.82) is 0 Å². The van der Waals surface area contributed by atoms with Gasteiger partial charge in [0.25, 0.3) is 0 Å². The van der Waals surface area contributed by atoms with Crippen LogP contribution in [0.1, 0.15) is 23.9 Å². The Balaban J connectivity index is 2.71. The molecule has 130 valence electrons. The van der Waals surface area contributed by atoms with Gasteiger partial charge in [0.2, 0.25) is 0 Å². The molecule has 0 amide bonds. The second kappa shape index (κ2) is 7.88. The van der Waals surface area contributed by atoms with Gasteiger partial charge in [0.05, 0.1) is 5.69 Å². The van der Waals surface area contributed by atoms with Crippen molar-refractivity contribution in [3.63, 3.8) is 0 Å². The molecule has 3 nitrogen and oxygen atoms in total. The molecular formula is C21H24FN3. The van der Waals surface area contributed by atoms with Gasteiger partial charge >= 0.3 is 0 Å². The quantitative estimate of drug-likeness (QED) is 0.518. The second-order valence-corrected chi connectivity index (χ2v) is 6.11. The van der Waals surface area contributed by atoms with Crippen LogP contribution in [0, 0.1) is 6.92 Å². The van der Waals surface area contributed by atoms with Gasteiger partial charge in [-0.1, -0.05) is 24.8 Å². The maximum Gasteiger partial charge on any atom is 0.125 e. The lowest BCUT2D eigenvalue weighted by atomic mass is 9.92. The molecule has 2 rings (SSSR count). The molecule has 2 aromatic rings. The Bertz CT molecular complexity index is 807. The van der Waals surface area contributed by atoms with Gasteiger partial charge in [0.15, 0.2) is 0 Å². The highest BCUT2D eigenvalue weighted by Crippen LogP contribution is 2.37. The minimum Gasteiger partial charge on any atom is -0.370 e. The number of aryl methyl sites for hydroxylation is 1. The summed E-state index contributed by atoms with van der Waals surface area (Å²) < 4.78 is 13.9. The first-order chi connectivity index (χ1) is 11.9. The minimum atomic E-state index is -0.576. The first-order valence-electron chi connectivity index (χ1n) is 8.08. The first kappa shape index (κ1) is 18.6. The second-order valence-electron chi connectivity index (χ2n) is 6.11. The molecule has 0 bridgehead atoms. The van der Waals surface area contributed by atoms with Crippen LogP contribution in [0.3, 0.4) is 0 Å². The van der Waals surface area contributed by atoms with Crippen molar-refractivity contribution in [2.45, 2.75) is 20.5 Å². The Labute approximate surface area is 149 Å². The molecule has 0 spiro atoms. The van der Waals surface area contributed by atoms with Gasteiger partial charge < -0.3 is 4.90 Å². The average molecular weight is 337 g/mol. The van der Waals surface area contributed by atoms with E-state index in [-0.39, 0.29) is 0 Å². The molecule has 0 radical (unpaired) electrons. The van der Waals surface area contributed by atoms with E-state index in [1.54, 1.807) is 18.5 Å². The van der Waals surface area contributed by atoms with Gasteiger partial charge in [-0.05, 0) is 37.1 Å². The number of hydrogen-bond acceptors (Lipinski definition) is 3. The average Bonchev–Trinajstić information content (AvgIpc) is 2.60. The molecule has 0 unspecified atom stereocenters. The molecule has 0 saturated heterocycles. The van der Waals surface area contributed by atoms with Crippen LogP contribution in [0.4, 0.5) is 10.1 Å². The Hall–Kier alpha value is -2.75. The molecule has 0 aliphatic carbocycles. The van der Waals surface area contributed by atoms with Crippen LogP contribution in [0.25, 0.3) is 16.7 Å². The smallest absolute Gasteiger partial charge is 0.125 e. The van der Waals surface area contributed by atoms with Crippen molar-refractivity contribution in [2.24, 2.45) is 0 Å². The number of anilines is 1. The zero-order valence-corrected chi connectivity index (χ0v) is 15.1. The molecule has 0 saturated carbocycles. The fraction of sp³-hybridized carbons (Fsp3) is 0.238. The van der Waals surface area contributed by atoms with Crippen molar-refractivity contribution in [3.05, 3.63) is 72.9 Å². The maximum atomic E-state index is 13.9. The molecule has 0 fully saturated rings. The molecule has 4 heteroatoms. The number of allylic oxidation sites excluding steroid dienone is 2. The van der Waals surface area contributed by atoms with E-state index in [2.05, 4.69) is 29.7 Å². The number of likely N-dealkylation sites (N-methyl/N-ethyl adjacent to an activating group) is 1. The zero-order valence-electron chi connectivity index (χ0n) is 15.1. The van der Waals surface area contributed by atoms with Gasteiger partial charge in [-0.2, -0.15) is 0 Å². The van der Waals surface area contributed by atoms with Gasteiger partial charge in [-0.15, -0.1) is 6.58 Å². The number of hydrogen-bond donors (Lipinski definition) is 0. The SMILES string of the molecule is C=CCN(C)c1c(CF)cc(-c2cnc(C)nc2)cc1C(=C)C(=C)C. The first-order valence-corrected chi connectivity index (χ1v) is 8.08. The summed E-state index contributed by atoms with van der Waals surface area (Å²) in [7, 11) is 1.92. The topological polar surface area (TPSA) is 29.0 Å². The molecule has 0 aliphatic heterocycles. The lowest BCUT2D eigenvalue weighted by molar-refractivity contribution is 0.485. The molecular weight excluding hydrogens is 313 g/mol. The van der Waals surface area contributed by atoms with E-state index < -0.39 is 6.67 Å². The summed E-state index contributed by atoms with van der Waals surface area (Å²) in [6, 6.07) is 3.84. The number of halogens is 1. The van der Waals surface area contributed by atoms with Crippen LogP contribution in [-0.2, 0) is 6.67 Å². The zero-order chi connectivity index (χ0) is 18.6. The number of aromatic nitrogens is 2. The highest BCUT2D eigenvalue weighted by molar-refractivity contribution is 5.88. The lowest BCUT2D eigenvalue weighted by Gasteiger charge is -2.26. The van der Waals surface area contributed by atoms with Gasteiger partial charge in [-0.3, -0.25) is 0 Å². The standard InChI is InChI=1S/C21H24FN3/c1-7-8-25(6)21-18(11-22)9-17(10-20(21)15(4)14(2)3)19-12-23-16(5)24-13-19/h7,9-10,12-13H,1-2,4,8,11H2,3,5-6H3. The fourth-order valence-electron chi connectivity index (χ4n) is 2.70. The van der Waals surface area contributed by atoms with Gasteiger partial charge in [-0.25, -0.2) is 14.4 Å². The van der Waals surface area contributed by atoms with Crippen molar-refractivity contribution in [2.75, 3.05) is 18.5 Å². The van der Waals surface area contributed by atoms with E-state index >= 15 is 0 Å². The lowest BCUT2D eigenvalue weighted by Crippen LogP contribution is -2.20. The van der Waals surface area contributed by atoms with Crippen LogP contribution >= 0.6 is 0 Å². The van der Waals surface area contributed by atoms with Crippen LogP contribution in [0.5, 0.6) is 0 Å². The van der Waals surface area contributed by atoms with Crippen LogP contribution in [0.2, 0.25) is 0 Å². The van der Waals surface area contributed by atoms with Crippen molar-refractivity contribution in [3.8, 4) is 11.1 Å². The third-order valence-electron chi connectivity index (χ3n) is 4.07. The van der Waals surface area contributed by atoms with Gasteiger partial charge in [0, 0.05) is 42.7 Å². The molecule has 1 aromatic carbocycles. The van der Waals surface area contributed by atoms with Crippen molar-refractivity contribution in [1.82, 2.24) is 9.97 Å². The van der Waals surface area contributed by atoms with E-state index in [0.717, 1.165) is 33.5 Å². The normalized spacial score (nSPS) is 10.4. The predicted octanol–water partition coefficient (Wildman–Crippen LogP) is 5.13. The van der Waals surface area contributed by atoms with E-state index in [1.165, 1.54) is 0 Å². The Morgan fingerprint density at radius 3 is 2.36 bits per heavy atom. The van der Waals surface area contributed by atoms with E-state index in [0.29, 0.717) is 17.9 Å². The van der Waals surface area contributed by atoms with Crippen molar-refractivity contribution >= 4 is 11.3 Å². The molecule has 0 N–H and O–H groups in total. The Kier molecular flexibility index (Phi) is 5.86. The minimum absolute atomic E-state index is 0.576. The highest BCUT2D eigenvalue weighted by Gasteiger charge is 2.17. The number of benzene rings is 1. The largest absolute Gasteiger partial charge is 0.370 e. The van der Waals surface area contributed by atoms with E-state index in [1.807, 2.05) is 37.9 Å². The Morgan fingerprint density at radius 1 is 1.20 bits per heavy atom. The summed E-state index contributed by atoms with van der Waals surface area (Å²) in [6.45, 7) is 15.7. The van der Waals surface area contributed by atoms with E-state index in [4.69, 9.17) is 0 Å². The summed E-state index contributed by atoms with van der Waals surface area (Å²) >= 11 is 0. The number of rotatable bonds is 7. The predicted molar refractivity (Wildman–Crippen MR) is 104 cm³/mol. The number of nitrogens with zero attached hydrogens (tertiary/aromatic N) is 3. The highest BCUT2D eigenvalue weighted by atomic mass is 19.1. The Morgan fingerprint density at radius 2 is 1.84 bits per heavy atom. The summed E-state index contributed by atoms with van der Waals surface area (Å²) in [5, 5.41) is 0. The third kappa shape index (κ3) is 4.02. The fourth-order valence-corrected chi connectivity index (χ4v) is 2.70.